The highest BCUT2D eigenvalue weighted by Crippen LogP contribution is 2.26. The van der Waals surface area contributed by atoms with Gasteiger partial charge in [0.25, 0.3) is 0 Å². The van der Waals surface area contributed by atoms with Gasteiger partial charge in [-0.15, -0.1) is 0 Å². The molecule has 2 N–H and O–H groups in total. The van der Waals surface area contributed by atoms with Crippen molar-refractivity contribution in [2.24, 2.45) is 5.73 Å². The standard InChI is InChI=1S/C15H25NO/c1-6-15(5,10-16)17-13-7-8-14(11(2)3)12(4)9-13/h7-9,11H,6,10,16H2,1-5H3. The first-order valence-corrected chi connectivity index (χ1v) is 6.41. The van der Waals surface area contributed by atoms with Gasteiger partial charge >= 0.3 is 0 Å². The lowest BCUT2D eigenvalue weighted by Crippen LogP contribution is -2.39. The Morgan fingerprint density at radius 2 is 2.00 bits per heavy atom. The summed E-state index contributed by atoms with van der Waals surface area (Å²) in [6, 6.07) is 6.31. The number of benzene rings is 1. The van der Waals surface area contributed by atoms with Gasteiger partial charge in [-0.2, -0.15) is 0 Å². The van der Waals surface area contributed by atoms with Crippen molar-refractivity contribution in [2.75, 3.05) is 6.54 Å². The molecule has 0 aliphatic carbocycles. The molecule has 0 amide bonds. The van der Waals surface area contributed by atoms with Crippen LogP contribution >= 0.6 is 0 Å². The molecule has 0 heterocycles. The van der Waals surface area contributed by atoms with Crippen LogP contribution in [0, 0.1) is 6.92 Å². The Bertz CT molecular complexity index is 367. The SMILES string of the molecule is CCC(C)(CN)Oc1ccc(C(C)C)c(C)c1. The molecule has 0 saturated carbocycles. The molecule has 1 aromatic carbocycles. The molecule has 0 saturated heterocycles. The number of ether oxygens (including phenoxy) is 1. The van der Waals surface area contributed by atoms with Crippen LogP contribution in [0.2, 0.25) is 0 Å². The first-order valence-electron chi connectivity index (χ1n) is 6.41. The predicted octanol–water partition coefficient (Wildman–Crippen LogP) is 3.62. The van der Waals surface area contributed by atoms with Gasteiger partial charge in [0.15, 0.2) is 0 Å². The smallest absolute Gasteiger partial charge is 0.120 e. The fourth-order valence-corrected chi connectivity index (χ4v) is 1.90. The van der Waals surface area contributed by atoms with Gasteiger partial charge in [-0.1, -0.05) is 26.8 Å². The van der Waals surface area contributed by atoms with E-state index >= 15 is 0 Å². The second-order valence-electron chi connectivity index (χ2n) is 5.28. The summed E-state index contributed by atoms with van der Waals surface area (Å²) in [6.07, 6.45) is 0.911. The molecular weight excluding hydrogens is 210 g/mol. The second-order valence-corrected chi connectivity index (χ2v) is 5.28. The molecule has 2 nitrogen and oxygen atoms in total. The van der Waals surface area contributed by atoms with Crippen LogP contribution in [-0.4, -0.2) is 12.1 Å². The lowest BCUT2D eigenvalue weighted by atomic mass is 9.97. The summed E-state index contributed by atoms with van der Waals surface area (Å²) in [4.78, 5) is 0. The average Bonchev–Trinajstić information content (AvgIpc) is 2.28. The van der Waals surface area contributed by atoms with E-state index in [1.807, 2.05) is 6.07 Å². The van der Waals surface area contributed by atoms with Crippen LogP contribution in [0.1, 0.15) is 51.2 Å². The van der Waals surface area contributed by atoms with Gasteiger partial charge in [0.2, 0.25) is 0 Å². The Balaban J connectivity index is 2.91. The highest BCUT2D eigenvalue weighted by Gasteiger charge is 2.22. The number of nitrogens with two attached hydrogens (primary N) is 1. The van der Waals surface area contributed by atoms with Crippen molar-refractivity contribution in [1.29, 1.82) is 0 Å². The zero-order valence-electron chi connectivity index (χ0n) is 11.7. The van der Waals surface area contributed by atoms with Crippen molar-refractivity contribution in [2.45, 2.75) is 52.6 Å². The molecule has 1 rings (SSSR count). The quantitative estimate of drug-likeness (QED) is 0.846. The second kappa shape index (κ2) is 5.54. The summed E-state index contributed by atoms with van der Waals surface area (Å²) >= 11 is 0. The van der Waals surface area contributed by atoms with Gasteiger partial charge in [0.1, 0.15) is 11.4 Å². The van der Waals surface area contributed by atoms with Crippen LogP contribution in [0.25, 0.3) is 0 Å². The van der Waals surface area contributed by atoms with E-state index in [-0.39, 0.29) is 5.60 Å². The van der Waals surface area contributed by atoms with Crippen molar-refractivity contribution in [1.82, 2.24) is 0 Å². The van der Waals surface area contributed by atoms with Crippen LogP contribution in [0.4, 0.5) is 0 Å². The topological polar surface area (TPSA) is 35.2 Å². The zero-order valence-corrected chi connectivity index (χ0v) is 11.7. The number of hydrogen-bond donors (Lipinski definition) is 1. The molecule has 0 bridgehead atoms. The zero-order chi connectivity index (χ0) is 13.1. The van der Waals surface area contributed by atoms with Crippen molar-refractivity contribution in [3.05, 3.63) is 29.3 Å². The molecule has 1 atom stereocenters. The van der Waals surface area contributed by atoms with Crippen LogP contribution in [0.3, 0.4) is 0 Å². The molecule has 96 valence electrons. The Morgan fingerprint density at radius 3 is 2.41 bits per heavy atom. The lowest BCUT2D eigenvalue weighted by molar-refractivity contribution is 0.0934. The summed E-state index contributed by atoms with van der Waals surface area (Å²) in [7, 11) is 0. The maximum Gasteiger partial charge on any atom is 0.120 e. The van der Waals surface area contributed by atoms with Crippen molar-refractivity contribution < 1.29 is 4.74 Å². The molecule has 0 aromatic heterocycles. The van der Waals surface area contributed by atoms with Gasteiger partial charge in [-0.25, -0.2) is 0 Å². The Hall–Kier alpha value is -1.02. The van der Waals surface area contributed by atoms with Crippen molar-refractivity contribution in [3.63, 3.8) is 0 Å². The van der Waals surface area contributed by atoms with E-state index in [0.29, 0.717) is 12.5 Å². The Morgan fingerprint density at radius 1 is 1.35 bits per heavy atom. The first-order chi connectivity index (χ1) is 7.91. The monoisotopic (exact) mass is 235 g/mol. The van der Waals surface area contributed by atoms with E-state index in [9.17, 15) is 0 Å². The minimum absolute atomic E-state index is 0.258. The third-order valence-corrected chi connectivity index (χ3v) is 3.41. The van der Waals surface area contributed by atoms with E-state index in [0.717, 1.165) is 12.2 Å². The van der Waals surface area contributed by atoms with Crippen molar-refractivity contribution >= 4 is 0 Å². The largest absolute Gasteiger partial charge is 0.486 e. The summed E-state index contributed by atoms with van der Waals surface area (Å²) in [5.41, 5.74) is 8.16. The van der Waals surface area contributed by atoms with Gasteiger partial charge < -0.3 is 10.5 Å². The van der Waals surface area contributed by atoms with Crippen LogP contribution in [0.15, 0.2) is 18.2 Å². The predicted molar refractivity (Wildman–Crippen MR) is 73.6 cm³/mol. The molecule has 0 fully saturated rings. The minimum Gasteiger partial charge on any atom is -0.486 e. The fraction of sp³-hybridized carbons (Fsp3) is 0.600. The van der Waals surface area contributed by atoms with E-state index in [1.54, 1.807) is 0 Å². The number of rotatable bonds is 5. The normalized spacial score (nSPS) is 14.8. The van der Waals surface area contributed by atoms with Crippen molar-refractivity contribution in [3.8, 4) is 5.75 Å². The molecule has 1 aromatic rings. The highest BCUT2D eigenvalue weighted by molar-refractivity contribution is 5.36. The first kappa shape index (κ1) is 14.0. The summed E-state index contributed by atoms with van der Waals surface area (Å²) in [5, 5.41) is 0. The number of hydrogen-bond acceptors (Lipinski definition) is 2. The molecule has 0 radical (unpaired) electrons. The molecule has 0 spiro atoms. The van der Waals surface area contributed by atoms with E-state index < -0.39 is 0 Å². The molecule has 17 heavy (non-hydrogen) atoms. The molecule has 2 heteroatoms. The van der Waals surface area contributed by atoms with E-state index in [4.69, 9.17) is 10.5 Å². The molecule has 0 aliphatic rings. The average molecular weight is 235 g/mol. The van der Waals surface area contributed by atoms with Crippen LogP contribution in [-0.2, 0) is 0 Å². The van der Waals surface area contributed by atoms with Gasteiger partial charge in [0.05, 0.1) is 0 Å². The summed E-state index contributed by atoms with van der Waals surface area (Å²) in [6.45, 7) is 11.2. The number of aryl methyl sites for hydroxylation is 1. The van der Waals surface area contributed by atoms with E-state index in [2.05, 4.69) is 46.8 Å². The lowest BCUT2D eigenvalue weighted by Gasteiger charge is -2.28. The van der Waals surface area contributed by atoms with Crippen LogP contribution in [0.5, 0.6) is 5.75 Å². The van der Waals surface area contributed by atoms with E-state index in [1.165, 1.54) is 11.1 Å². The summed E-state index contributed by atoms with van der Waals surface area (Å²) < 4.78 is 5.99. The fourth-order valence-electron chi connectivity index (χ4n) is 1.90. The third-order valence-electron chi connectivity index (χ3n) is 3.41. The Kier molecular flexibility index (Phi) is 4.58. The molecule has 1 unspecified atom stereocenters. The maximum absolute atomic E-state index is 5.99. The Labute approximate surface area is 105 Å². The third kappa shape index (κ3) is 3.47. The molecular formula is C15H25NO. The highest BCUT2D eigenvalue weighted by atomic mass is 16.5. The van der Waals surface area contributed by atoms with Gasteiger partial charge in [0, 0.05) is 6.54 Å². The maximum atomic E-state index is 5.99. The summed E-state index contributed by atoms with van der Waals surface area (Å²) in [5.74, 6) is 1.47. The minimum atomic E-state index is -0.258. The van der Waals surface area contributed by atoms with Crippen LogP contribution < -0.4 is 10.5 Å². The molecule has 0 aliphatic heterocycles. The van der Waals surface area contributed by atoms with Gasteiger partial charge in [-0.05, 0) is 49.4 Å². The van der Waals surface area contributed by atoms with Gasteiger partial charge in [-0.3, -0.25) is 0 Å².